The van der Waals surface area contributed by atoms with Gasteiger partial charge >= 0.3 is 0 Å². The van der Waals surface area contributed by atoms with E-state index in [-0.39, 0.29) is 5.91 Å². The number of benzene rings is 2. The Morgan fingerprint density at radius 3 is 2.47 bits per heavy atom. The van der Waals surface area contributed by atoms with E-state index in [1.807, 2.05) is 67.7 Å². The molecule has 1 saturated heterocycles. The topological polar surface area (TPSA) is 48.8 Å². The van der Waals surface area contributed by atoms with Crippen LogP contribution in [0, 0.1) is 0 Å². The Morgan fingerprint density at radius 1 is 0.933 bits per heavy atom. The number of anilines is 1. The lowest BCUT2D eigenvalue weighted by atomic mass is 10.2. The molecular weight excluding hydrogens is 412 g/mol. The molecule has 0 N–H and O–H groups in total. The lowest BCUT2D eigenvalue weighted by Crippen LogP contribution is -2.29. The number of aliphatic imine (C=N–C) groups is 1. The zero-order valence-electron chi connectivity index (χ0n) is 16.2. The van der Waals surface area contributed by atoms with Gasteiger partial charge in [-0.15, -0.1) is 0 Å². The van der Waals surface area contributed by atoms with Crippen LogP contribution in [0.4, 0.5) is 11.5 Å². The predicted molar refractivity (Wildman–Crippen MR) is 124 cm³/mol. The van der Waals surface area contributed by atoms with Gasteiger partial charge in [0.25, 0.3) is 5.91 Å². The predicted octanol–water partition coefficient (Wildman–Crippen LogP) is 5.26. The first-order valence-corrected chi connectivity index (χ1v) is 11.1. The fourth-order valence-corrected chi connectivity index (χ4v) is 5.67. The van der Waals surface area contributed by atoms with Gasteiger partial charge < -0.3 is 4.90 Å². The number of para-hydroxylation sites is 1. The number of thioether (sulfide) groups is 2. The van der Waals surface area contributed by atoms with Gasteiger partial charge in [0.2, 0.25) is 0 Å². The fourth-order valence-electron chi connectivity index (χ4n) is 3.34. The molecule has 0 spiro atoms. The molecule has 7 heteroatoms. The van der Waals surface area contributed by atoms with Gasteiger partial charge in [-0.2, -0.15) is 0 Å². The normalized spacial score (nSPS) is 19.6. The molecule has 0 radical (unpaired) electrons. The van der Waals surface area contributed by atoms with Crippen molar-refractivity contribution < 1.29 is 4.79 Å². The second-order valence-corrected chi connectivity index (χ2v) is 8.83. The Labute approximate surface area is 183 Å². The number of fused-ring (bicyclic) bond motifs is 1. The van der Waals surface area contributed by atoms with Gasteiger partial charge in [0.15, 0.2) is 11.0 Å². The number of rotatable bonds is 3. The molecule has 0 atom stereocenters. The third-order valence-corrected chi connectivity index (χ3v) is 7.27. The standard InChI is InChI=1S/C23H18N4OS2/c1-26-17-11-5-6-12-18(17)29-22(26)20-21(28)27(15-16-9-3-2-4-10-16)23(30-20)25-19-13-7-8-14-24-19/h2-14H,15H2,1H3/b22-20-,25-23-. The van der Waals surface area contributed by atoms with E-state index in [0.717, 1.165) is 21.2 Å². The van der Waals surface area contributed by atoms with E-state index in [9.17, 15) is 4.79 Å². The molecule has 3 aromatic rings. The monoisotopic (exact) mass is 430 g/mol. The van der Waals surface area contributed by atoms with Gasteiger partial charge in [-0.3, -0.25) is 9.69 Å². The first-order chi connectivity index (χ1) is 14.7. The summed E-state index contributed by atoms with van der Waals surface area (Å²) in [5, 5.41) is 1.59. The SMILES string of the molecule is CN1/C(=C2/S/C(=N\c3ccccn3)N(Cc3ccccc3)C2=O)Sc2ccccc21. The lowest BCUT2D eigenvalue weighted by molar-refractivity contribution is -0.122. The third-order valence-electron chi connectivity index (χ3n) is 4.84. The van der Waals surface area contributed by atoms with Crippen LogP contribution in [0.3, 0.4) is 0 Å². The molecular formula is C23H18N4OS2. The van der Waals surface area contributed by atoms with Crippen LogP contribution in [0.25, 0.3) is 0 Å². The van der Waals surface area contributed by atoms with Crippen LogP contribution >= 0.6 is 23.5 Å². The maximum atomic E-state index is 13.5. The van der Waals surface area contributed by atoms with Gasteiger partial charge in [0.1, 0.15) is 4.91 Å². The molecule has 5 nitrogen and oxygen atoms in total. The van der Waals surface area contributed by atoms with E-state index in [1.54, 1.807) is 22.9 Å². The summed E-state index contributed by atoms with van der Waals surface area (Å²) in [4.78, 5) is 28.2. The van der Waals surface area contributed by atoms with Crippen LogP contribution in [0.1, 0.15) is 5.56 Å². The highest BCUT2D eigenvalue weighted by Gasteiger charge is 2.39. The maximum Gasteiger partial charge on any atom is 0.269 e. The molecule has 0 saturated carbocycles. The number of pyridine rings is 1. The third kappa shape index (κ3) is 3.51. The zero-order chi connectivity index (χ0) is 20.5. The molecule has 2 aliphatic heterocycles. The summed E-state index contributed by atoms with van der Waals surface area (Å²) in [6.07, 6.45) is 1.71. The van der Waals surface area contributed by atoms with Gasteiger partial charge in [-0.25, -0.2) is 9.98 Å². The maximum absolute atomic E-state index is 13.5. The van der Waals surface area contributed by atoms with Gasteiger partial charge in [-0.1, -0.05) is 60.3 Å². The Kier molecular flexibility index (Phi) is 5.06. The van der Waals surface area contributed by atoms with Crippen molar-refractivity contribution in [2.75, 3.05) is 11.9 Å². The minimum absolute atomic E-state index is 0.0271. The van der Waals surface area contributed by atoms with Gasteiger partial charge in [-0.05, 0) is 41.6 Å². The Morgan fingerprint density at radius 2 is 1.70 bits per heavy atom. The van der Waals surface area contributed by atoms with Crippen molar-refractivity contribution in [2.24, 2.45) is 4.99 Å². The van der Waals surface area contributed by atoms with Crippen molar-refractivity contribution in [3.05, 3.63) is 94.5 Å². The summed E-state index contributed by atoms with van der Waals surface area (Å²) in [6.45, 7) is 0.469. The summed E-state index contributed by atoms with van der Waals surface area (Å²) >= 11 is 3.04. The summed E-state index contributed by atoms with van der Waals surface area (Å²) < 4.78 is 0. The van der Waals surface area contributed by atoms with Crippen molar-refractivity contribution in [2.45, 2.75) is 11.4 Å². The molecule has 1 fully saturated rings. The second kappa shape index (κ2) is 8.01. The minimum atomic E-state index is -0.0271. The average Bonchev–Trinajstić information content (AvgIpc) is 3.27. The molecule has 0 unspecified atom stereocenters. The van der Waals surface area contributed by atoms with Crippen LogP contribution in [-0.4, -0.2) is 28.0 Å². The van der Waals surface area contributed by atoms with E-state index < -0.39 is 0 Å². The summed E-state index contributed by atoms with van der Waals surface area (Å²) in [7, 11) is 2.00. The number of nitrogens with zero attached hydrogens (tertiary/aromatic N) is 4. The number of carbonyl (C=O) groups excluding carboxylic acids is 1. The highest BCUT2D eigenvalue weighted by atomic mass is 32.2. The fraction of sp³-hybridized carbons (Fsp3) is 0.0870. The van der Waals surface area contributed by atoms with Crippen LogP contribution in [0.2, 0.25) is 0 Å². The Balaban J connectivity index is 1.55. The highest BCUT2D eigenvalue weighted by molar-refractivity contribution is 8.19. The number of carbonyl (C=O) groups is 1. The largest absolute Gasteiger partial charge is 0.337 e. The number of aromatic nitrogens is 1. The molecule has 30 heavy (non-hydrogen) atoms. The van der Waals surface area contributed by atoms with Crippen molar-refractivity contribution in [1.82, 2.24) is 9.88 Å². The molecule has 0 aliphatic carbocycles. The van der Waals surface area contributed by atoms with Crippen molar-refractivity contribution in [3.63, 3.8) is 0 Å². The molecule has 2 aliphatic rings. The smallest absolute Gasteiger partial charge is 0.269 e. The number of hydrogen-bond donors (Lipinski definition) is 0. The van der Waals surface area contributed by atoms with Crippen molar-refractivity contribution >= 4 is 46.1 Å². The first-order valence-electron chi connectivity index (χ1n) is 9.49. The zero-order valence-corrected chi connectivity index (χ0v) is 17.9. The summed E-state index contributed by atoms with van der Waals surface area (Å²) in [6, 6.07) is 23.8. The molecule has 1 amide bonds. The van der Waals surface area contributed by atoms with Gasteiger partial charge in [0, 0.05) is 18.1 Å². The number of amides is 1. The summed E-state index contributed by atoms with van der Waals surface area (Å²) in [5.41, 5.74) is 2.17. The molecule has 1 aromatic heterocycles. The second-order valence-electron chi connectivity index (χ2n) is 6.82. The lowest BCUT2D eigenvalue weighted by Gasteiger charge is -2.16. The summed E-state index contributed by atoms with van der Waals surface area (Å²) in [5.74, 6) is 0.563. The van der Waals surface area contributed by atoms with E-state index in [0.29, 0.717) is 22.4 Å². The van der Waals surface area contributed by atoms with Crippen LogP contribution in [-0.2, 0) is 11.3 Å². The average molecular weight is 431 g/mol. The minimum Gasteiger partial charge on any atom is -0.337 e. The van der Waals surface area contributed by atoms with E-state index in [2.05, 4.69) is 22.0 Å². The number of amidine groups is 1. The Bertz CT molecular complexity index is 1160. The first kappa shape index (κ1) is 19.0. The Hall–Kier alpha value is -3.03. The number of hydrogen-bond acceptors (Lipinski definition) is 6. The van der Waals surface area contributed by atoms with Crippen LogP contribution in [0.5, 0.6) is 0 Å². The molecule has 2 aromatic carbocycles. The molecule has 0 bridgehead atoms. The molecule has 148 valence electrons. The van der Waals surface area contributed by atoms with E-state index in [4.69, 9.17) is 4.99 Å². The van der Waals surface area contributed by atoms with E-state index in [1.165, 1.54) is 11.8 Å². The molecule has 5 rings (SSSR count). The van der Waals surface area contributed by atoms with E-state index >= 15 is 0 Å². The van der Waals surface area contributed by atoms with Crippen molar-refractivity contribution in [1.29, 1.82) is 0 Å². The van der Waals surface area contributed by atoms with Crippen LogP contribution < -0.4 is 4.90 Å². The molecule has 3 heterocycles. The quantitative estimate of drug-likeness (QED) is 0.531. The van der Waals surface area contributed by atoms with Gasteiger partial charge in [0.05, 0.1) is 17.3 Å². The van der Waals surface area contributed by atoms with Crippen molar-refractivity contribution in [3.8, 4) is 0 Å². The highest BCUT2D eigenvalue weighted by Crippen LogP contribution is 2.50. The van der Waals surface area contributed by atoms with Crippen LogP contribution in [0.15, 0.2) is 98.8 Å².